The van der Waals surface area contributed by atoms with Gasteiger partial charge in [-0.15, -0.1) is 11.8 Å². The van der Waals surface area contributed by atoms with Gasteiger partial charge in [-0.1, -0.05) is 0 Å². The van der Waals surface area contributed by atoms with Crippen molar-refractivity contribution in [3.05, 3.63) is 0 Å². The second-order valence-electron chi connectivity index (χ2n) is 2.75. The SMILES string of the molecule is CSC1=NCCOC1(C)C. The van der Waals surface area contributed by atoms with Crippen LogP contribution in [-0.4, -0.2) is 30.1 Å². The van der Waals surface area contributed by atoms with Crippen molar-refractivity contribution in [1.82, 2.24) is 0 Å². The third-order valence-corrected chi connectivity index (χ3v) is 2.53. The first-order valence-corrected chi connectivity index (χ1v) is 4.62. The highest BCUT2D eigenvalue weighted by molar-refractivity contribution is 8.13. The lowest BCUT2D eigenvalue weighted by molar-refractivity contribution is 0.0342. The molecule has 2 nitrogen and oxygen atoms in total. The number of ether oxygens (including phenoxy) is 1. The molecule has 0 spiro atoms. The molecule has 0 aromatic carbocycles. The van der Waals surface area contributed by atoms with E-state index in [9.17, 15) is 0 Å². The van der Waals surface area contributed by atoms with Crippen LogP contribution >= 0.6 is 11.8 Å². The predicted octanol–water partition coefficient (Wildman–Crippen LogP) is 1.56. The highest BCUT2D eigenvalue weighted by Gasteiger charge is 2.27. The molecule has 0 amide bonds. The Morgan fingerprint density at radius 1 is 1.60 bits per heavy atom. The van der Waals surface area contributed by atoms with Gasteiger partial charge in [0.15, 0.2) is 0 Å². The molecule has 0 aliphatic carbocycles. The van der Waals surface area contributed by atoms with Crippen LogP contribution < -0.4 is 0 Å². The van der Waals surface area contributed by atoms with Gasteiger partial charge in [0.25, 0.3) is 0 Å². The molecule has 1 aliphatic heterocycles. The summed E-state index contributed by atoms with van der Waals surface area (Å²) in [6, 6.07) is 0. The fourth-order valence-corrected chi connectivity index (χ4v) is 1.78. The number of nitrogens with zero attached hydrogens (tertiary/aromatic N) is 1. The number of thioether (sulfide) groups is 1. The molecule has 0 saturated carbocycles. The lowest BCUT2D eigenvalue weighted by Crippen LogP contribution is -2.37. The van der Waals surface area contributed by atoms with Crippen LogP contribution in [0.25, 0.3) is 0 Å². The highest BCUT2D eigenvalue weighted by Crippen LogP contribution is 2.21. The molecule has 0 radical (unpaired) electrons. The van der Waals surface area contributed by atoms with E-state index in [4.69, 9.17) is 4.74 Å². The van der Waals surface area contributed by atoms with Gasteiger partial charge >= 0.3 is 0 Å². The van der Waals surface area contributed by atoms with E-state index in [0.717, 1.165) is 18.2 Å². The Morgan fingerprint density at radius 2 is 2.30 bits per heavy atom. The molecule has 0 fully saturated rings. The molecule has 0 saturated heterocycles. The lowest BCUT2D eigenvalue weighted by Gasteiger charge is -2.29. The average molecular weight is 159 g/mol. The number of aliphatic imine (C=N–C) groups is 1. The molecule has 1 rings (SSSR count). The second kappa shape index (κ2) is 2.93. The Balaban J connectivity index is 2.73. The maximum atomic E-state index is 5.52. The first kappa shape index (κ1) is 8.08. The zero-order chi connectivity index (χ0) is 7.61. The summed E-state index contributed by atoms with van der Waals surface area (Å²) >= 11 is 1.68. The zero-order valence-electron chi connectivity index (χ0n) is 6.68. The second-order valence-corrected chi connectivity index (χ2v) is 3.54. The summed E-state index contributed by atoms with van der Waals surface area (Å²) in [4.78, 5) is 4.36. The van der Waals surface area contributed by atoms with Crippen LogP contribution in [0.3, 0.4) is 0 Å². The Morgan fingerprint density at radius 3 is 2.70 bits per heavy atom. The molecule has 0 aromatic heterocycles. The number of hydrogen-bond donors (Lipinski definition) is 0. The standard InChI is InChI=1S/C7H13NOS/c1-7(2)6(10-3)8-4-5-9-7/h4-5H2,1-3H3. The predicted molar refractivity (Wildman–Crippen MR) is 45.8 cm³/mol. The Hall–Kier alpha value is -0.0200. The Kier molecular flexibility index (Phi) is 2.36. The number of hydrogen-bond acceptors (Lipinski definition) is 3. The van der Waals surface area contributed by atoms with Crippen molar-refractivity contribution in [2.24, 2.45) is 4.99 Å². The molecule has 58 valence electrons. The van der Waals surface area contributed by atoms with Gasteiger partial charge in [-0.3, -0.25) is 4.99 Å². The van der Waals surface area contributed by atoms with Gasteiger partial charge in [0.1, 0.15) is 5.60 Å². The van der Waals surface area contributed by atoms with Crippen LogP contribution in [0.4, 0.5) is 0 Å². The van der Waals surface area contributed by atoms with Crippen molar-refractivity contribution in [2.45, 2.75) is 19.4 Å². The van der Waals surface area contributed by atoms with E-state index >= 15 is 0 Å². The molecule has 3 heteroatoms. The van der Waals surface area contributed by atoms with Gasteiger partial charge in [-0.2, -0.15) is 0 Å². The van der Waals surface area contributed by atoms with E-state index < -0.39 is 0 Å². The molecule has 1 aliphatic rings. The van der Waals surface area contributed by atoms with Crippen LogP contribution in [0.2, 0.25) is 0 Å². The van der Waals surface area contributed by atoms with Gasteiger partial charge in [0.2, 0.25) is 0 Å². The molecule has 0 aromatic rings. The summed E-state index contributed by atoms with van der Waals surface area (Å²) in [5.74, 6) is 0. The number of rotatable bonds is 0. The van der Waals surface area contributed by atoms with Gasteiger partial charge in [0, 0.05) is 0 Å². The van der Waals surface area contributed by atoms with Crippen molar-refractivity contribution in [3.63, 3.8) is 0 Å². The van der Waals surface area contributed by atoms with Crippen molar-refractivity contribution >= 4 is 16.8 Å². The topological polar surface area (TPSA) is 21.6 Å². The van der Waals surface area contributed by atoms with Crippen molar-refractivity contribution in [1.29, 1.82) is 0 Å². The molecule has 0 atom stereocenters. The Labute approximate surface area is 66.1 Å². The third kappa shape index (κ3) is 1.52. The summed E-state index contributed by atoms with van der Waals surface area (Å²) < 4.78 is 5.52. The van der Waals surface area contributed by atoms with E-state index in [1.54, 1.807) is 11.8 Å². The minimum atomic E-state index is -0.141. The minimum absolute atomic E-state index is 0.141. The molecule has 0 N–H and O–H groups in total. The fraction of sp³-hybridized carbons (Fsp3) is 0.857. The lowest BCUT2D eigenvalue weighted by atomic mass is 10.1. The summed E-state index contributed by atoms with van der Waals surface area (Å²) in [5.41, 5.74) is -0.141. The first-order valence-electron chi connectivity index (χ1n) is 3.40. The van der Waals surface area contributed by atoms with Gasteiger partial charge < -0.3 is 4.74 Å². The van der Waals surface area contributed by atoms with Crippen LogP contribution in [0.1, 0.15) is 13.8 Å². The Bertz CT molecular complexity index is 154. The molecular formula is C7H13NOS. The normalized spacial score (nSPS) is 24.1. The quantitative estimate of drug-likeness (QED) is 0.535. The molecule has 0 bridgehead atoms. The van der Waals surface area contributed by atoms with Crippen molar-refractivity contribution in [2.75, 3.05) is 19.4 Å². The van der Waals surface area contributed by atoms with E-state index in [-0.39, 0.29) is 5.60 Å². The highest BCUT2D eigenvalue weighted by atomic mass is 32.2. The van der Waals surface area contributed by atoms with E-state index in [1.807, 2.05) is 6.26 Å². The minimum Gasteiger partial charge on any atom is -0.367 e. The molecular weight excluding hydrogens is 146 g/mol. The largest absolute Gasteiger partial charge is 0.367 e. The maximum absolute atomic E-state index is 5.52. The van der Waals surface area contributed by atoms with Gasteiger partial charge in [-0.05, 0) is 20.1 Å². The smallest absolute Gasteiger partial charge is 0.110 e. The molecule has 10 heavy (non-hydrogen) atoms. The summed E-state index contributed by atoms with van der Waals surface area (Å²) in [5, 5.41) is 1.11. The van der Waals surface area contributed by atoms with Gasteiger partial charge in [-0.25, -0.2) is 0 Å². The molecule has 0 unspecified atom stereocenters. The fourth-order valence-electron chi connectivity index (χ4n) is 1.01. The maximum Gasteiger partial charge on any atom is 0.110 e. The summed E-state index contributed by atoms with van der Waals surface area (Å²) in [6.45, 7) is 5.69. The molecule has 1 heterocycles. The van der Waals surface area contributed by atoms with E-state index in [2.05, 4.69) is 18.8 Å². The van der Waals surface area contributed by atoms with Crippen LogP contribution in [0.5, 0.6) is 0 Å². The van der Waals surface area contributed by atoms with Crippen LogP contribution in [-0.2, 0) is 4.74 Å². The van der Waals surface area contributed by atoms with E-state index in [0.29, 0.717) is 0 Å². The summed E-state index contributed by atoms with van der Waals surface area (Å²) in [7, 11) is 0. The van der Waals surface area contributed by atoms with Crippen molar-refractivity contribution in [3.8, 4) is 0 Å². The van der Waals surface area contributed by atoms with E-state index in [1.165, 1.54) is 0 Å². The zero-order valence-corrected chi connectivity index (χ0v) is 7.49. The average Bonchev–Trinajstić information content (AvgIpc) is 1.87. The van der Waals surface area contributed by atoms with Crippen LogP contribution in [0.15, 0.2) is 4.99 Å². The third-order valence-electron chi connectivity index (χ3n) is 1.52. The van der Waals surface area contributed by atoms with Crippen LogP contribution in [0, 0.1) is 0 Å². The summed E-state index contributed by atoms with van der Waals surface area (Å²) in [6.07, 6.45) is 2.04. The van der Waals surface area contributed by atoms with Gasteiger partial charge in [0.05, 0.1) is 18.2 Å². The monoisotopic (exact) mass is 159 g/mol. The first-order chi connectivity index (χ1) is 4.67. The van der Waals surface area contributed by atoms with Crippen molar-refractivity contribution < 1.29 is 4.74 Å².